The summed E-state index contributed by atoms with van der Waals surface area (Å²) in [4.78, 5) is 11.9. The Bertz CT molecular complexity index is 833. The van der Waals surface area contributed by atoms with E-state index in [9.17, 15) is 4.79 Å². The van der Waals surface area contributed by atoms with Crippen LogP contribution in [0.15, 0.2) is 67.0 Å². The summed E-state index contributed by atoms with van der Waals surface area (Å²) in [5.74, 6) is 0.582. The first-order chi connectivity index (χ1) is 12.2. The number of nitrogens with zero attached hydrogens (tertiary/aromatic N) is 2. The van der Waals surface area contributed by atoms with Gasteiger partial charge in [-0.15, -0.1) is 0 Å². The first-order valence-electron chi connectivity index (χ1n) is 7.95. The second-order valence-electron chi connectivity index (χ2n) is 5.46. The van der Waals surface area contributed by atoms with Crippen LogP contribution in [0, 0.1) is 0 Å². The van der Waals surface area contributed by atoms with Crippen LogP contribution in [0.4, 0.5) is 0 Å². The Balaban J connectivity index is 1.43. The third-order valence-corrected chi connectivity index (χ3v) is 3.78. The zero-order chi connectivity index (χ0) is 17.5. The Labute approximate surface area is 151 Å². The highest BCUT2D eigenvalue weighted by Gasteiger charge is 2.05. The van der Waals surface area contributed by atoms with Crippen molar-refractivity contribution in [3.05, 3.63) is 77.6 Å². The monoisotopic (exact) mass is 355 g/mol. The third kappa shape index (κ3) is 5.09. The molecule has 1 N–H and O–H groups in total. The number of carbonyl (C=O) groups is 1. The van der Waals surface area contributed by atoms with E-state index in [1.807, 2.05) is 48.7 Å². The molecule has 25 heavy (non-hydrogen) atoms. The van der Waals surface area contributed by atoms with Crippen molar-refractivity contribution in [1.29, 1.82) is 0 Å². The van der Waals surface area contributed by atoms with Gasteiger partial charge in [-0.25, -0.2) is 4.68 Å². The molecule has 0 saturated carbocycles. The molecule has 0 spiro atoms. The summed E-state index contributed by atoms with van der Waals surface area (Å²) >= 11 is 5.88. The van der Waals surface area contributed by atoms with Crippen molar-refractivity contribution in [3.63, 3.8) is 0 Å². The molecule has 128 valence electrons. The third-order valence-electron chi connectivity index (χ3n) is 3.54. The average Bonchev–Trinajstić information content (AvgIpc) is 3.10. The molecule has 0 saturated heterocycles. The van der Waals surface area contributed by atoms with Crippen molar-refractivity contribution in [2.24, 2.45) is 0 Å². The van der Waals surface area contributed by atoms with E-state index in [1.165, 1.54) is 0 Å². The number of halogens is 1. The zero-order valence-electron chi connectivity index (χ0n) is 13.6. The lowest BCUT2D eigenvalue weighted by molar-refractivity contribution is -0.121. The van der Waals surface area contributed by atoms with Gasteiger partial charge in [0.1, 0.15) is 5.75 Å². The smallest absolute Gasteiger partial charge is 0.223 e. The van der Waals surface area contributed by atoms with Gasteiger partial charge in [-0.05, 0) is 30.3 Å². The summed E-state index contributed by atoms with van der Waals surface area (Å²) in [5.41, 5.74) is 1.92. The molecule has 0 aliphatic carbocycles. The Kier molecular flexibility index (Phi) is 5.69. The number of benzene rings is 2. The first kappa shape index (κ1) is 17.0. The minimum absolute atomic E-state index is 0.0745. The quantitative estimate of drug-likeness (QED) is 0.704. The van der Waals surface area contributed by atoms with Crippen LogP contribution in [0.25, 0.3) is 5.69 Å². The molecule has 3 rings (SSSR count). The second kappa shape index (κ2) is 8.35. The molecule has 0 aliphatic rings. The van der Waals surface area contributed by atoms with Gasteiger partial charge < -0.3 is 10.1 Å². The van der Waals surface area contributed by atoms with E-state index < -0.39 is 0 Å². The Morgan fingerprint density at radius 3 is 2.80 bits per heavy atom. The van der Waals surface area contributed by atoms with Crippen LogP contribution in [-0.4, -0.2) is 22.3 Å². The lowest BCUT2D eigenvalue weighted by Crippen LogP contribution is -2.24. The van der Waals surface area contributed by atoms with Gasteiger partial charge in [0.25, 0.3) is 0 Å². The SMILES string of the molecule is O=C(CCOc1cccc(Cl)c1)NCc1cnn(-c2ccccc2)c1. The van der Waals surface area contributed by atoms with Gasteiger partial charge in [-0.3, -0.25) is 4.79 Å². The fourth-order valence-electron chi connectivity index (χ4n) is 2.28. The van der Waals surface area contributed by atoms with Gasteiger partial charge >= 0.3 is 0 Å². The van der Waals surface area contributed by atoms with Crippen molar-refractivity contribution in [2.45, 2.75) is 13.0 Å². The van der Waals surface area contributed by atoms with Gasteiger partial charge in [0.05, 0.1) is 24.9 Å². The van der Waals surface area contributed by atoms with E-state index in [-0.39, 0.29) is 12.3 Å². The standard InChI is InChI=1S/C19H18ClN3O2/c20-16-5-4-8-18(11-16)25-10-9-19(24)21-12-15-13-22-23(14-15)17-6-2-1-3-7-17/h1-8,11,13-14H,9-10,12H2,(H,21,24). The van der Waals surface area contributed by atoms with E-state index in [0.29, 0.717) is 23.9 Å². The fourth-order valence-corrected chi connectivity index (χ4v) is 2.46. The minimum Gasteiger partial charge on any atom is -0.493 e. The lowest BCUT2D eigenvalue weighted by Gasteiger charge is -2.07. The summed E-state index contributed by atoms with van der Waals surface area (Å²) in [7, 11) is 0. The second-order valence-corrected chi connectivity index (χ2v) is 5.90. The van der Waals surface area contributed by atoms with Crippen LogP contribution in [0.5, 0.6) is 5.75 Å². The number of hydrogen-bond acceptors (Lipinski definition) is 3. The van der Waals surface area contributed by atoms with E-state index in [4.69, 9.17) is 16.3 Å². The Morgan fingerprint density at radius 2 is 2.00 bits per heavy atom. The lowest BCUT2D eigenvalue weighted by atomic mass is 10.3. The van der Waals surface area contributed by atoms with Crippen LogP contribution in [0.3, 0.4) is 0 Å². The molecule has 5 nitrogen and oxygen atoms in total. The number of para-hydroxylation sites is 1. The van der Waals surface area contributed by atoms with Gasteiger partial charge in [-0.2, -0.15) is 5.10 Å². The van der Waals surface area contributed by atoms with E-state index >= 15 is 0 Å². The maximum atomic E-state index is 11.9. The van der Waals surface area contributed by atoms with Crippen molar-refractivity contribution < 1.29 is 9.53 Å². The average molecular weight is 356 g/mol. The molecule has 0 atom stereocenters. The number of ether oxygens (including phenoxy) is 1. The maximum absolute atomic E-state index is 11.9. The molecule has 0 bridgehead atoms. The molecule has 1 aromatic heterocycles. The summed E-state index contributed by atoms with van der Waals surface area (Å²) in [5, 5.41) is 7.77. The number of carbonyl (C=O) groups excluding carboxylic acids is 1. The van der Waals surface area contributed by atoms with Crippen LogP contribution in [0.1, 0.15) is 12.0 Å². The molecule has 0 fully saturated rings. The van der Waals surface area contributed by atoms with Gasteiger partial charge in [0.15, 0.2) is 0 Å². The van der Waals surface area contributed by atoms with Crippen LogP contribution >= 0.6 is 11.6 Å². The fraction of sp³-hybridized carbons (Fsp3) is 0.158. The largest absolute Gasteiger partial charge is 0.493 e. The highest BCUT2D eigenvalue weighted by molar-refractivity contribution is 6.30. The van der Waals surface area contributed by atoms with Crippen LogP contribution in [0.2, 0.25) is 5.02 Å². The molecule has 6 heteroatoms. The summed E-state index contributed by atoms with van der Waals surface area (Å²) in [6.07, 6.45) is 3.92. The van der Waals surface area contributed by atoms with E-state index in [1.54, 1.807) is 23.0 Å². The number of nitrogens with one attached hydrogen (secondary N) is 1. The molecule has 1 amide bonds. The molecule has 1 heterocycles. The van der Waals surface area contributed by atoms with Gasteiger partial charge in [-0.1, -0.05) is 35.9 Å². The Morgan fingerprint density at radius 1 is 1.16 bits per heavy atom. The number of rotatable bonds is 7. The zero-order valence-corrected chi connectivity index (χ0v) is 14.3. The normalized spacial score (nSPS) is 10.4. The highest BCUT2D eigenvalue weighted by atomic mass is 35.5. The topological polar surface area (TPSA) is 56.1 Å². The van der Waals surface area contributed by atoms with E-state index in [2.05, 4.69) is 10.4 Å². The molecule has 3 aromatic rings. The first-order valence-corrected chi connectivity index (χ1v) is 8.32. The van der Waals surface area contributed by atoms with E-state index in [0.717, 1.165) is 11.3 Å². The van der Waals surface area contributed by atoms with Crippen molar-refractivity contribution in [1.82, 2.24) is 15.1 Å². The van der Waals surface area contributed by atoms with Crippen LogP contribution in [-0.2, 0) is 11.3 Å². The predicted octanol–water partition coefficient (Wildman–Crippen LogP) is 3.61. The molecular weight excluding hydrogens is 338 g/mol. The van der Waals surface area contributed by atoms with Gasteiger partial charge in [0, 0.05) is 23.3 Å². The molecular formula is C19H18ClN3O2. The number of aromatic nitrogens is 2. The highest BCUT2D eigenvalue weighted by Crippen LogP contribution is 2.17. The number of hydrogen-bond donors (Lipinski definition) is 1. The maximum Gasteiger partial charge on any atom is 0.223 e. The number of amides is 1. The molecule has 2 aromatic carbocycles. The molecule has 0 unspecified atom stereocenters. The predicted molar refractivity (Wildman–Crippen MR) is 97.0 cm³/mol. The van der Waals surface area contributed by atoms with Crippen LogP contribution < -0.4 is 10.1 Å². The van der Waals surface area contributed by atoms with Crippen molar-refractivity contribution in [3.8, 4) is 11.4 Å². The van der Waals surface area contributed by atoms with Crippen molar-refractivity contribution in [2.75, 3.05) is 6.61 Å². The molecule has 0 aliphatic heterocycles. The van der Waals surface area contributed by atoms with Crippen molar-refractivity contribution >= 4 is 17.5 Å². The molecule has 0 radical (unpaired) electrons. The summed E-state index contributed by atoms with van der Waals surface area (Å²) in [6, 6.07) is 16.9. The van der Waals surface area contributed by atoms with Gasteiger partial charge in [0.2, 0.25) is 5.91 Å². The summed E-state index contributed by atoms with van der Waals surface area (Å²) in [6.45, 7) is 0.734. The summed E-state index contributed by atoms with van der Waals surface area (Å²) < 4.78 is 7.29. The minimum atomic E-state index is -0.0745. The Hall–Kier alpha value is -2.79.